The summed E-state index contributed by atoms with van der Waals surface area (Å²) in [7, 11) is 0. The number of nitrogens with one attached hydrogen (secondary N) is 3. The molecule has 148 valence electrons. The predicted octanol–water partition coefficient (Wildman–Crippen LogP) is 1.24. The van der Waals surface area contributed by atoms with E-state index in [2.05, 4.69) is 31.0 Å². The predicted molar refractivity (Wildman–Crippen MR) is 114 cm³/mol. The maximum atomic E-state index is 11.9. The lowest BCUT2D eigenvalue weighted by Crippen LogP contribution is -2.47. The Morgan fingerprint density at radius 1 is 1.35 bits per heavy atom. The van der Waals surface area contributed by atoms with Crippen LogP contribution in [0.4, 0.5) is 0 Å². The monoisotopic (exact) mass is 477 g/mol. The first kappa shape index (κ1) is 22.7. The summed E-state index contributed by atoms with van der Waals surface area (Å²) in [5.74, 6) is 2.70. The first-order valence-corrected chi connectivity index (χ1v) is 9.03. The average molecular weight is 477 g/mol. The molecule has 0 saturated carbocycles. The molecule has 0 radical (unpaired) electrons. The fourth-order valence-electron chi connectivity index (χ4n) is 2.67. The number of aromatic nitrogens is 3. The molecule has 3 N–H and O–H groups in total. The third-order valence-electron chi connectivity index (χ3n) is 4.00. The highest BCUT2D eigenvalue weighted by Gasteiger charge is 2.22. The molecule has 1 atom stereocenters. The summed E-state index contributed by atoms with van der Waals surface area (Å²) in [5, 5.41) is 14.1. The van der Waals surface area contributed by atoms with E-state index in [0.29, 0.717) is 13.1 Å². The Kier molecular flexibility index (Phi) is 8.78. The smallest absolute Gasteiger partial charge is 0.225 e. The highest BCUT2D eigenvalue weighted by molar-refractivity contribution is 14.0. The minimum atomic E-state index is -0.373. The van der Waals surface area contributed by atoms with Crippen molar-refractivity contribution >= 4 is 35.8 Å². The number of amides is 1. The lowest BCUT2D eigenvalue weighted by Gasteiger charge is -2.25. The van der Waals surface area contributed by atoms with Crippen LogP contribution in [-0.4, -0.2) is 52.3 Å². The van der Waals surface area contributed by atoms with E-state index < -0.39 is 0 Å². The molecule has 0 aromatic carbocycles. The van der Waals surface area contributed by atoms with Crippen molar-refractivity contribution in [1.82, 2.24) is 30.7 Å². The van der Waals surface area contributed by atoms with Crippen molar-refractivity contribution in [2.75, 3.05) is 19.6 Å². The van der Waals surface area contributed by atoms with Crippen molar-refractivity contribution < 1.29 is 4.79 Å². The number of hydrogen-bond acceptors (Lipinski definition) is 4. The quantitative estimate of drug-likeness (QED) is 0.257. The lowest BCUT2D eigenvalue weighted by molar-refractivity contribution is -0.128. The van der Waals surface area contributed by atoms with Gasteiger partial charge in [-0.25, -0.2) is 9.67 Å². The molecule has 0 bridgehead atoms. The van der Waals surface area contributed by atoms with Gasteiger partial charge in [-0.2, -0.15) is 5.10 Å². The van der Waals surface area contributed by atoms with Crippen LogP contribution < -0.4 is 16.0 Å². The third kappa shape index (κ3) is 6.73. The molecular formula is C17H32IN7O. The highest BCUT2D eigenvalue weighted by atomic mass is 127. The van der Waals surface area contributed by atoms with Crippen molar-refractivity contribution in [3.63, 3.8) is 0 Å². The Labute approximate surface area is 173 Å². The first-order chi connectivity index (χ1) is 11.8. The summed E-state index contributed by atoms with van der Waals surface area (Å²) >= 11 is 0. The Morgan fingerprint density at radius 2 is 2.08 bits per heavy atom. The van der Waals surface area contributed by atoms with Crippen LogP contribution in [0.15, 0.2) is 4.99 Å². The van der Waals surface area contributed by atoms with Gasteiger partial charge in [0.1, 0.15) is 11.6 Å². The normalized spacial score (nSPS) is 17.1. The molecule has 0 aliphatic carbocycles. The van der Waals surface area contributed by atoms with Crippen molar-refractivity contribution in [2.24, 2.45) is 10.4 Å². The Morgan fingerprint density at radius 3 is 2.73 bits per heavy atom. The lowest BCUT2D eigenvalue weighted by atomic mass is 9.96. The van der Waals surface area contributed by atoms with Crippen LogP contribution >= 0.6 is 24.0 Å². The number of aliphatic imine (C=N–C) groups is 1. The van der Waals surface area contributed by atoms with E-state index in [9.17, 15) is 4.79 Å². The number of carbonyl (C=O) groups is 1. The molecule has 1 unspecified atom stereocenters. The summed E-state index contributed by atoms with van der Waals surface area (Å²) in [6, 6.07) is 0.274. The fourth-order valence-corrected chi connectivity index (χ4v) is 2.67. The molecule has 26 heavy (non-hydrogen) atoms. The van der Waals surface area contributed by atoms with Crippen LogP contribution in [0.1, 0.15) is 45.8 Å². The zero-order valence-corrected chi connectivity index (χ0v) is 18.8. The van der Waals surface area contributed by atoms with Gasteiger partial charge in [-0.3, -0.25) is 9.79 Å². The van der Waals surface area contributed by atoms with E-state index in [1.807, 2.05) is 39.3 Å². The van der Waals surface area contributed by atoms with Gasteiger partial charge >= 0.3 is 0 Å². The molecule has 1 aromatic rings. The summed E-state index contributed by atoms with van der Waals surface area (Å²) in [5.41, 5.74) is -0.373. The molecule has 0 spiro atoms. The van der Waals surface area contributed by atoms with Gasteiger partial charge in [0.05, 0.1) is 13.1 Å². The number of rotatable bonds is 5. The zero-order chi connectivity index (χ0) is 18.4. The molecule has 2 rings (SSSR count). The number of guanidine groups is 1. The summed E-state index contributed by atoms with van der Waals surface area (Å²) in [6.45, 7) is 12.3. The first-order valence-electron chi connectivity index (χ1n) is 9.03. The zero-order valence-electron chi connectivity index (χ0n) is 16.4. The number of nitrogens with zero attached hydrogens (tertiary/aromatic N) is 4. The van der Waals surface area contributed by atoms with E-state index in [1.54, 1.807) is 0 Å². The molecule has 9 heteroatoms. The second-order valence-corrected chi connectivity index (χ2v) is 7.40. The van der Waals surface area contributed by atoms with Crippen molar-refractivity contribution in [1.29, 1.82) is 0 Å². The van der Waals surface area contributed by atoms with Gasteiger partial charge in [-0.15, -0.1) is 24.0 Å². The molecule has 1 aliphatic rings. The standard InChI is InChI=1S/C17H31N7O.HI/c1-6-18-16(20-10-9-19-15(25)17(3,4)5)22-13-7-8-14-21-12(2)23-24(14)11-13;/h13H,6-11H2,1-5H3,(H,19,25)(H2,18,20,22);1H. The molecular weight excluding hydrogens is 445 g/mol. The summed E-state index contributed by atoms with van der Waals surface area (Å²) in [4.78, 5) is 20.9. The van der Waals surface area contributed by atoms with E-state index >= 15 is 0 Å². The molecule has 8 nitrogen and oxygen atoms in total. The Balaban J connectivity index is 0.00000338. The fraction of sp³-hybridized carbons (Fsp3) is 0.765. The number of hydrogen-bond donors (Lipinski definition) is 3. The minimum Gasteiger partial charge on any atom is -0.357 e. The highest BCUT2D eigenvalue weighted by Crippen LogP contribution is 2.13. The minimum absolute atomic E-state index is 0. The van der Waals surface area contributed by atoms with Gasteiger partial charge in [0.25, 0.3) is 0 Å². The molecule has 0 saturated heterocycles. The second-order valence-electron chi connectivity index (χ2n) is 7.40. The number of aryl methyl sites for hydroxylation is 2. The summed E-state index contributed by atoms with van der Waals surface area (Å²) in [6.07, 6.45) is 1.92. The average Bonchev–Trinajstić information content (AvgIpc) is 2.89. The van der Waals surface area contributed by atoms with E-state index in [-0.39, 0.29) is 41.3 Å². The van der Waals surface area contributed by atoms with E-state index in [1.165, 1.54) is 0 Å². The maximum Gasteiger partial charge on any atom is 0.225 e. The van der Waals surface area contributed by atoms with Crippen LogP contribution in [0, 0.1) is 12.3 Å². The summed E-state index contributed by atoms with van der Waals surface area (Å²) < 4.78 is 1.98. The second kappa shape index (κ2) is 10.1. The Hall–Kier alpha value is -1.39. The Bertz CT molecular complexity index is 621. The van der Waals surface area contributed by atoms with E-state index in [4.69, 9.17) is 0 Å². The van der Waals surface area contributed by atoms with Gasteiger partial charge in [0.15, 0.2) is 5.96 Å². The van der Waals surface area contributed by atoms with Gasteiger partial charge in [-0.1, -0.05) is 20.8 Å². The van der Waals surface area contributed by atoms with Gasteiger partial charge in [-0.05, 0) is 20.3 Å². The largest absolute Gasteiger partial charge is 0.357 e. The molecule has 1 aliphatic heterocycles. The third-order valence-corrected chi connectivity index (χ3v) is 4.00. The van der Waals surface area contributed by atoms with Crippen LogP contribution in [0.5, 0.6) is 0 Å². The van der Waals surface area contributed by atoms with Crippen LogP contribution in [0.3, 0.4) is 0 Å². The van der Waals surface area contributed by atoms with Crippen molar-refractivity contribution in [3.8, 4) is 0 Å². The SMILES string of the molecule is CCNC(=NCCNC(=O)C(C)(C)C)NC1CCc2nc(C)nn2C1.I. The van der Waals surface area contributed by atoms with Gasteiger partial charge in [0.2, 0.25) is 5.91 Å². The van der Waals surface area contributed by atoms with Crippen LogP contribution in [0.2, 0.25) is 0 Å². The number of halogens is 1. The van der Waals surface area contributed by atoms with Crippen LogP contribution in [-0.2, 0) is 17.8 Å². The van der Waals surface area contributed by atoms with Gasteiger partial charge in [0, 0.05) is 31.0 Å². The number of carbonyl (C=O) groups excluding carboxylic acids is 1. The van der Waals surface area contributed by atoms with Crippen molar-refractivity contribution in [2.45, 2.75) is 60.0 Å². The van der Waals surface area contributed by atoms with E-state index in [0.717, 1.165) is 43.5 Å². The molecule has 1 aromatic heterocycles. The molecule has 1 amide bonds. The topological polar surface area (TPSA) is 96.2 Å². The maximum absolute atomic E-state index is 11.9. The van der Waals surface area contributed by atoms with Gasteiger partial charge < -0.3 is 16.0 Å². The van der Waals surface area contributed by atoms with Crippen molar-refractivity contribution in [3.05, 3.63) is 11.6 Å². The number of fused-ring (bicyclic) bond motifs is 1. The molecule has 2 heterocycles. The molecule has 0 fully saturated rings. The van der Waals surface area contributed by atoms with Crippen LogP contribution in [0.25, 0.3) is 0 Å².